The van der Waals surface area contributed by atoms with Crippen LogP contribution in [0.15, 0.2) is 58.3 Å². The van der Waals surface area contributed by atoms with E-state index in [4.69, 9.17) is 9.47 Å². The summed E-state index contributed by atoms with van der Waals surface area (Å²) in [4.78, 5) is 24.4. The Morgan fingerprint density at radius 3 is 1.20 bits per heavy atom. The van der Waals surface area contributed by atoms with Gasteiger partial charge < -0.3 is 20.1 Å². The number of halogens is 6. The standard InChI is InChI=1S/2C22H25F3N2O4S/c2*23-22(24,25)17-7-3-4-8-19(17)32(29,30)15-11-16(20(28)27-21(13-26)9-10-21)18(12-15)31-14-5-1-2-6-14/h2*3-4,7-8,14-16,18H,1-2,5-6,9-12H2,(H,27,28)/t2*15-,16-,18-/m10/s1. The number of rotatable bonds is 12. The number of sulfone groups is 2. The number of nitrogens with zero attached hydrogens (tertiary/aromatic N) is 2. The predicted molar refractivity (Wildman–Crippen MR) is 216 cm³/mol. The molecule has 2 aromatic carbocycles. The van der Waals surface area contributed by atoms with Crippen LogP contribution in [0.1, 0.15) is 114 Å². The van der Waals surface area contributed by atoms with E-state index in [-0.39, 0.29) is 37.9 Å². The average molecular weight is 941 g/mol. The van der Waals surface area contributed by atoms with Crippen molar-refractivity contribution in [3.8, 4) is 12.1 Å². The summed E-state index contributed by atoms with van der Waals surface area (Å²) in [6.45, 7) is 0. The van der Waals surface area contributed by atoms with Gasteiger partial charge in [-0.05, 0) is 101 Å². The van der Waals surface area contributed by atoms with Crippen LogP contribution in [0.25, 0.3) is 0 Å². The highest BCUT2D eigenvalue weighted by molar-refractivity contribution is 7.92. The van der Waals surface area contributed by atoms with E-state index in [0.717, 1.165) is 87.8 Å². The third-order valence-corrected chi connectivity index (χ3v) is 17.9. The molecule has 6 atom stereocenters. The lowest BCUT2D eigenvalue weighted by Crippen LogP contribution is -2.43. The van der Waals surface area contributed by atoms with E-state index in [1.807, 2.05) is 0 Å². The Bertz CT molecular complexity index is 2210. The summed E-state index contributed by atoms with van der Waals surface area (Å²) < 4.78 is 146. The van der Waals surface area contributed by atoms with Crippen molar-refractivity contribution < 1.29 is 62.2 Å². The summed E-state index contributed by atoms with van der Waals surface area (Å²) in [6, 6.07) is 12.4. The van der Waals surface area contributed by atoms with Crippen molar-refractivity contribution in [3.05, 3.63) is 59.7 Å². The zero-order valence-corrected chi connectivity index (χ0v) is 36.4. The van der Waals surface area contributed by atoms with E-state index in [0.29, 0.717) is 25.7 Å². The molecule has 0 bridgehead atoms. The van der Waals surface area contributed by atoms with Crippen LogP contribution in [-0.2, 0) is 51.1 Å². The monoisotopic (exact) mass is 940 g/mol. The maximum absolute atomic E-state index is 13.5. The van der Waals surface area contributed by atoms with Crippen molar-refractivity contribution >= 4 is 31.5 Å². The Balaban J connectivity index is 0.000000191. The fourth-order valence-corrected chi connectivity index (χ4v) is 13.5. The van der Waals surface area contributed by atoms with E-state index in [1.165, 1.54) is 12.1 Å². The summed E-state index contributed by atoms with van der Waals surface area (Å²) in [5.41, 5.74) is -4.26. The van der Waals surface area contributed by atoms with Crippen LogP contribution in [0.4, 0.5) is 26.3 Å². The van der Waals surface area contributed by atoms with Gasteiger partial charge in [0.05, 0.1) is 79.8 Å². The minimum Gasteiger partial charge on any atom is -0.374 e. The molecule has 0 saturated heterocycles. The van der Waals surface area contributed by atoms with E-state index in [1.54, 1.807) is 0 Å². The first-order chi connectivity index (χ1) is 30.1. The van der Waals surface area contributed by atoms with Gasteiger partial charge in [0, 0.05) is 0 Å². The van der Waals surface area contributed by atoms with Gasteiger partial charge in [0.25, 0.3) is 0 Å². The van der Waals surface area contributed by atoms with E-state index in [9.17, 15) is 63.3 Å². The predicted octanol–water partition coefficient (Wildman–Crippen LogP) is 7.52. The molecule has 64 heavy (non-hydrogen) atoms. The molecule has 0 spiro atoms. The maximum Gasteiger partial charge on any atom is 0.417 e. The van der Waals surface area contributed by atoms with Gasteiger partial charge >= 0.3 is 12.4 Å². The van der Waals surface area contributed by atoms with Crippen LogP contribution in [0, 0.1) is 34.5 Å². The number of carbonyl (C=O) groups is 2. The van der Waals surface area contributed by atoms with Crippen LogP contribution in [0.3, 0.4) is 0 Å². The molecular weight excluding hydrogens is 891 g/mol. The second-order valence-electron chi connectivity index (χ2n) is 18.0. The minimum absolute atomic E-state index is 0.0529. The molecule has 6 aliphatic rings. The molecule has 6 fully saturated rings. The van der Waals surface area contributed by atoms with Gasteiger partial charge in [-0.15, -0.1) is 0 Å². The first kappa shape index (κ1) is 47.7. The smallest absolute Gasteiger partial charge is 0.374 e. The summed E-state index contributed by atoms with van der Waals surface area (Å²) in [5.74, 6) is -2.60. The summed E-state index contributed by atoms with van der Waals surface area (Å²) >= 11 is 0. The van der Waals surface area contributed by atoms with Crippen molar-refractivity contribution in [2.24, 2.45) is 11.8 Å². The second kappa shape index (κ2) is 18.2. The largest absolute Gasteiger partial charge is 0.417 e. The number of hydrogen-bond acceptors (Lipinski definition) is 10. The van der Waals surface area contributed by atoms with Gasteiger partial charge in [0.15, 0.2) is 19.7 Å². The molecule has 8 rings (SSSR count). The van der Waals surface area contributed by atoms with Gasteiger partial charge in [0.1, 0.15) is 11.1 Å². The van der Waals surface area contributed by atoms with Gasteiger partial charge in [-0.1, -0.05) is 49.9 Å². The summed E-state index contributed by atoms with van der Waals surface area (Å²) in [7, 11) is -8.73. The van der Waals surface area contributed by atoms with Crippen LogP contribution in [-0.4, -0.2) is 74.6 Å². The van der Waals surface area contributed by atoms with Crippen molar-refractivity contribution in [1.29, 1.82) is 10.5 Å². The third kappa shape index (κ3) is 10.4. The molecule has 0 aromatic heterocycles. The summed E-state index contributed by atoms with van der Waals surface area (Å²) in [6.07, 6.45) is -2.40. The molecule has 348 valence electrons. The van der Waals surface area contributed by atoms with Crippen LogP contribution in [0.2, 0.25) is 0 Å². The highest BCUT2D eigenvalue weighted by atomic mass is 32.2. The molecular formula is C44H50F6N4O8S2. The Morgan fingerprint density at radius 1 is 0.578 bits per heavy atom. The van der Waals surface area contributed by atoms with Crippen molar-refractivity contribution in [2.75, 3.05) is 0 Å². The Hall–Kier alpha value is -4.24. The van der Waals surface area contributed by atoms with Gasteiger partial charge in [-0.3, -0.25) is 9.59 Å². The second-order valence-corrected chi connectivity index (χ2v) is 22.4. The summed E-state index contributed by atoms with van der Waals surface area (Å²) in [5, 5.41) is 21.6. The number of nitriles is 2. The number of ether oxygens (including phenoxy) is 2. The number of hydrogen-bond donors (Lipinski definition) is 2. The quantitative estimate of drug-likeness (QED) is 0.201. The maximum atomic E-state index is 13.5. The SMILES string of the molecule is N#CC1(NC(=O)[C@@H]2C[C@@H](S(=O)(=O)c3ccccc3C(F)(F)F)C[C@H]2OC2CCCC2)CC1.N#CC1(NC(=O)[C@H]2C[C@H](S(=O)(=O)c3ccccc3C(F)(F)F)C[C@@H]2OC2CCCC2)CC1. The fraction of sp³-hybridized carbons (Fsp3) is 0.636. The molecule has 0 aliphatic heterocycles. The molecule has 6 aliphatic carbocycles. The normalized spacial score (nSPS) is 27.8. The van der Waals surface area contributed by atoms with E-state index in [2.05, 4.69) is 22.8 Å². The Labute approximate surface area is 368 Å². The molecule has 0 unspecified atom stereocenters. The first-order valence-corrected chi connectivity index (χ1v) is 24.8. The molecule has 2 N–H and O–H groups in total. The number of nitrogens with one attached hydrogen (secondary N) is 2. The zero-order valence-electron chi connectivity index (χ0n) is 34.8. The lowest BCUT2D eigenvalue weighted by atomic mass is 10.0. The van der Waals surface area contributed by atoms with Crippen molar-refractivity contribution in [2.45, 2.75) is 171 Å². The highest BCUT2D eigenvalue weighted by Gasteiger charge is 2.53. The minimum atomic E-state index is -4.82. The average Bonchev–Trinajstić information content (AvgIpc) is 3.77. The highest BCUT2D eigenvalue weighted by Crippen LogP contribution is 2.45. The van der Waals surface area contributed by atoms with Gasteiger partial charge in [0.2, 0.25) is 11.8 Å². The Kier molecular flexibility index (Phi) is 13.6. The van der Waals surface area contributed by atoms with Crippen LogP contribution in [0.5, 0.6) is 0 Å². The van der Waals surface area contributed by atoms with Gasteiger partial charge in [-0.25, -0.2) is 16.8 Å². The third-order valence-electron chi connectivity index (χ3n) is 13.5. The number of carbonyl (C=O) groups excluding carboxylic acids is 2. The zero-order chi connectivity index (χ0) is 46.3. The molecule has 20 heteroatoms. The molecule has 6 saturated carbocycles. The number of benzene rings is 2. The Morgan fingerprint density at radius 2 is 0.906 bits per heavy atom. The first-order valence-electron chi connectivity index (χ1n) is 21.7. The topological polar surface area (TPSA) is 193 Å². The van der Waals surface area contributed by atoms with Crippen molar-refractivity contribution in [1.82, 2.24) is 10.6 Å². The lowest BCUT2D eigenvalue weighted by molar-refractivity contribution is -0.140. The lowest BCUT2D eigenvalue weighted by Gasteiger charge is -2.24. The molecule has 2 aromatic rings. The van der Waals surface area contributed by atoms with Gasteiger partial charge in [-0.2, -0.15) is 36.9 Å². The fourth-order valence-electron chi connectivity index (χ4n) is 9.51. The van der Waals surface area contributed by atoms with Crippen LogP contribution >= 0.6 is 0 Å². The van der Waals surface area contributed by atoms with E-state index < -0.39 is 110 Å². The number of amides is 2. The molecule has 12 nitrogen and oxygen atoms in total. The molecule has 0 heterocycles. The molecule has 0 radical (unpaired) electrons. The molecule has 2 amide bonds. The van der Waals surface area contributed by atoms with E-state index >= 15 is 0 Å². The van der Waals surface area contributed by atoms with Crippen molar-refractivity contribution in [3.63, 3.8) is 0 Å². The number of alkyl halides is 6. The van der Waals surface area contributed by atoms with Crippen LogP contribution < -0.4 is 10.6 Å².